The first kappa shape index (κ1) is 16.4. The molecular weight excluding hydrogens is 286 g/mol. The third-order valence-corrected chi connectivity index (χ3v) is 4.81. The Morgan fingerprint density at radius 2 is 2.24 bits per heavy atom. The van der Waals surface area contributed by atoms with E-state index < -0.39 is 0 Å². The van der Waals surface area contributed by atoms with Crippen molar-refractivity contribution in [3.8, 4) is 0 Å². The number of aromatic nitrogens is 1. The van der Waals surface area contributed by atoms with E-state index in [9.17, 15) is 4.79 Å². The van der Waals surface area contributed by atoms with Crippen LogP contribution in [0.15, 0.2) is 5.38 Å². The van der Waals surface area contributed by atoms with Crippen molar-refractivity contribution in [1.82, 2.24) is 9.88 Å². The minimum atomic E-state index is 0.0542. The maximum absolute atomic E-state index is 12.4. The van der Waals surface area contributed by atoms with Gasteiger partial charge in [0.25, 0.3) is 5.91 Å². The Labute approximate surface area is 130 Å². The molecule has 1 saturated heterocycles. The van der Waals surface area contributed by atoms with E-state index in [2.05, 4.69) is 18.8 Å². The lowest BCUT2D eigenvalue weighted by molar-refractivity contribution is 0.00830. The van der Waals surface area contributed by atoms with Gasteiger partial charge < -0.3 is 15.4 Å². The second-order valence-corrected chi connectivity index (χ2v) is 6.62. The van der Waals surface area contributed by atoms with E-state index in [0.717, 1.165) is 44.0 Å². The summed E-state index contributed by atoms with van der Waals surface area (Å²) >= 11 is 1.57. The van der Waals surface area contributed by atoms with Crippen molar-refractivity contribution in [1.29, 1.82) is 0 Å². The maximum atomic E-state index is 12.4. The molecule has 1 aliphatic rings. The number of hydrogen-bond acceptors (Lipinski definition) is 5. The molecule has 5 nitrogen and oxygen atoms in total. The van der Waals surface area contributed by atoms with E-state index in [4.69, 9.17) is 10.5 Å². The van der Waals surface area contributed by atoms with E-state index in [0.29, 0.717) is 18.2 Å². The van der Waals surface area contributed by atoms with Gasteiger partial charge in [0, 0.05) is 31.0 Å². The number of thiazole rings is 1. The minimum Gasteiger partial charge on any atom is -0.378 e. The van der Waals surface area contributed by atoms with Gasteiger partial charge in [0.15, 0.2) is 0 Å². The smallest absolute Gasteiger partial charge is 0.273 e. The molecule has 1 amide bonds. The van der Waals surface area contributed by atoms with Crippen LogP contribution in [0.5, 0.6) is 0 Å². The highest BCUT2D eigenvalue weighted by atomic mass is 32.1. The van der Waals surface area contributed by atoms with E-state index in [-0.39, 0.29) is 12.0 Å². The third-order valence-electron chi connectivity index (χ3n) is 3.67. The Hall–Kier alpha value is -0.980. The number of piperidine rings is 1. The van der Waals surface area contributed by atoms with Crippen LogP contribution >= 0.6 is 11.3 Å². The Balaban J connectivity index is 1.82. The number of ether oxygens (including phenoxy) is 1. The van der Waals surface area contributed by atoms with Gasteiger partial charge in [-0.15, -0.1) is 11.3 Å². The molecule has 2 heterocycles. The van der Waals surface area contributed by atoms with Crippen molar-refractivity contribution in [3.05, 3.63) is 16.1 Å². The molecule has 1 fully saturated rings. The summed E-state index contributed by atoms with van der Waals surface area (Å²) in [6.07, 6.45) is 2.97. The SMILES string of the molecule is CC(C)c1nc(C(=O)N2CCC(OCCCN)CC2)cs1. The van der Waals surface area contributed by atoms with Crippen molar-refractivity contribution in [2.75, 3.05) is 26.2 Å². The van der Waals surface area contributed by atoms with Crippen LogP contribution < -0.4 is 5.73 Å². The molecule has 0 unspecified atom stereocenters. The summed E-state index contributed by atoms with van der Waals surface area (Å²) in [5, 5.41) is 2.90. The highest BCUT2D eigenvalue weighted by Crippen LogP contribution is 2.21. The summed E-state index contributed by atoms with van der Waals surface area (Å²) in [7, 11) is 0. The number of carbonyl (C=O) groups excluding carboxylic acids is 1. The molecule has 0 bridgehead atoms. The predicted molar refractivity (Wildman–Crippen MR) is 84.8 cm³/mol. The highest BCUT2D eigenvalue weighted by molar-refractivity contribution is 7.09. The Bertz CT molecular complexity index is 454. The first-order valence-electron chi connectivity index (χ1n) is 7.68. The van der Waals surface area contributed by atoms with Crippen molar-refractivity contribution < 1.29 is 9.53 Å². The molecule has 0 aromatic carbocycles. The number of amides is 1. The van der Waals surface area contributed by atoms with Crippen LogP contribution in [0, 0.1) is 0 Å². The first-order valence-corrected chi connectivity index (χ1v) is 8.56. The van der Waals surface area contributed by atoms with E-state index in [1.165, 1.54) is 0 Å². The zero-order valence-electron chi connectivity index (χ0n) is 12.9. The van der Waals surface area contributed by atoms with E-state index in [1.54, 1.807) is 11.3 Å². The maximum Gasteiger partial charge on any atom is 0.273 e. The Morgan fingerprint density at radius 1 is 1.52 bits per heavy atom. The monoisotopic (exact) mass is 311 g/mol. The van der Waals surface area contributed by atoms with Gasteiger partial charge in [-0.05, 0) is 25.8 Å². The van der Waals surface area contributed by atoms with Crippen molar-refractivity contribution in [2.45, 2.75) is 45.1 Å². The lowest BCUT2D eigenvalue weighted by Crippen LogP contribution is -2.41. The summed E-state index contributed by atoms with van der Waals surface area (Å²) in [6.45, 7) is 7.08. The largest absolute Gasteiger partial charge is 0.378 e. The van der Waals surface area contributed by atoms with Gasteiger partial charge in [0.1, 0.15) is 5.69 Å². The Morgan fingerprint density at radius 3 is 2.81 bits per heavy atom. The van der Waals surface area contributed by atoms with Gasteiger partial charge >= 0.3 is 0 Å². The van der Waals surface area contributed by atoms with E-state index in [1.807, 2.05) is 10.3 Å². The fourth-order valence-electron chi connectivity index (χ4n) is 2.37. The van der Waals surface area contributed by atoms with Crippen LogP contribution in [0.1, 0.15) is 54.5 Å². The number of rotatable bonds is 6. The number of likely N-dealkylation sites (tertiary alicyclic amines) is 1. The predicted octanol–water partition coefficient (Wildman–Crippen LogP) is 2.24. The molecule has 0 spiro atoms. The molecule has 0 aliphatic carbocycles. The standard InChI is InChI=1S/C15H25N3O2S/c1-11(2)14-17-13(10-21-14)15(19)18-7-4-12(5-8-18)20-9-3-6-16/h10-12H,3-9,16H2,1-2H3. The van der Waals surface area contributed by atoms with Gasteiger partial charge in [-0.2, -0.15) is 0 Å². The van der Waals surface area contributed by atoms with Gasteiger partial charge in [0.05, 0.1) is 11.1 Å². The third kappa shape index (κ3) is 4.49. The fourth-order valence-corrected chi connectivity index (χ4v) is 3.18. The molecule has 0 radical (unpaired) electrons. The summed E-state index contributed by atoms with van der Waals surface area (Å²) in [5.74, 6) is 0.428. The highest BCUT2D eigenvalue weighted by Gasteiger charge is 2.25. The topological polar surface area (TPSA) is 68.5 Å². The lowest BCUT2D eigenvalue weighted by Gasteiger charge is -2.31. The van der Waals surface area contributed by atoms with E-state index >= 15 is 0 Å². The summed E-state index contributed by atoms with van der Waals surface area (Å²) in [6, 6.07) is 0. The molecule has 1 aromatic rings. The molecule has 1 aliphatic heterocycles. The summed E-state index contributed by atoms with van der Waals surface area (Å²) in [5.41, 5.74) is 6.04. The minimum absolute atomic E-state index is 0.0542. The summed E-state index contributed by atoms with van der Waals surface area (Å²) in [4.78, 5) is 18.8. The van der Waals surface area contributed by atoms with Crippen molar-refractivity contribution in [2.24, 2.45) is 5.73 Å². The molecule has 0 saturated carbocycles. The molecule has 2 N–H and O–H groups in total. The van der Waals surface area contributed by atoms with Crippen LogP contribution in [0.25, 0.3) is 0 Å². The molecule has 21 heavy (non-hydrogen) atoms. The van der Waals surface area contributed by atoms with Crippen LogP contribution in [-0.2, 0) is 4.74 Å². The molecule has 6 heteroatoms. The molecule has 2 rings (SSSR count). The summed E-state index contributed by atoms with van der Waals surface area (Å²) < 4.78 is 5.76. The van der Waals surface area contributed by atoms with Crippen LogP contribution in [0.4, 0.5) is 0 Å². The number of carbonyl (C=O) groups is 1. The second-order valence-electron chi connectivity index (χ2n) is 5.73. The van der Waals surface area contributed by atoms with Crippen molar-refractivity contribution >= 4 is 17.2 Å². The zero-order valence-corrected chi connectivity index (χ0v) is 13.7. The Kier molecular flexibility index (Phi) is 6.14. The molecule has 118 valence electrons. The quantitative estimate of drug-likeness (QED) is 0.818. The van der Waals surface area contributed by atoms with Gasteiger partial charge in [-0.3, -0.25) is 4.79 Å². The number of nitrogens with zero attached hydrogens (tertiary/aromatic N) is 2. The average molecular weight is 311 g/mol. The second kappa shape index (κ2) is 7.87. The van der Waals surface area contributed by atoms with Crippen molar-refractivity contribution in [3.63, 3.8) is 0 Å². The normalized spacial score (nSPS) is 16.7. The van der Waals surface area contributed by atoms with Gasteiger partial charge in [-0.25, -0.2) is 4.98 Å². The fraction of sp³-hybridized carbons (Fsp3) is 0.733. The molecule has 0 atom stereocenters. The number of nitrogens with two attached hydrogens (primary N) is 1. The molecular formula is C15H25N3O2S. The van der Waals surface area contributed by atoms with Gasteiger partial charge in [-0.1, -0.05) is 13.8 Å². The van der Waals surface area contributed by atoms with Crippen LogP contribution in [0.2, 0.25) is 0 Å². The van der Waals surface area contributed by atoms with Crippen LogP contribution in [0.3, 0.4) is 0 Å². The lowest BCUT2D eigenvalue weighted by atomic mass is 10.1. The van der Waals surface area contributed by atoms with Gasteiger partial charge in [0.2, 0.25) is 0 Å². The zero-order chi connectivity index (χ0) is 15.2. The van der Waals surface area contributed by atoms with Crippen LogP contribution in [-0.4, -0.2) is 48.1 Å². The average Bonchev–Trinajstić information content (AvgIpc) is 2.97. The number of hydrogen-bond donors (Lipinski definition) is 1. The first-order chi connectivity index (χ1) is 10.1. The molecule has 1 aromatic heterocycles.